The van der Waals surface area contributed by atoms with E-state index >= 15 is 0 Å². The molecular formula is C18H17BrFN5O. The summed E-state index contributed by atoms with van der Waals surface area (Å²) in [7, 11) is 0. The summed E-state index contributed by atoms with van der Waals surface area (Å²) in [5, 5.41) is 10.8. The minimum Gasteiger partial charge on any atom is -0.267 e. The van der Waals surface area contributed by atoms with Gasteiger partial charge in [0.1, 0.15) is 11.9 Å². The molecule has 0 aliphatic heterocycles. The van der Waals surface area contributed by atoms with Crippen molar-refractivity contribution in [2.24, 2.45) is 5.92 Å². The molecule has 3 rings (SSSR count). The van der Waals surface area contributed by atoms with Gasteiger partial charge in [-0.1, -0.05) is 13.3 Å². The average Bonchev–Trinajstić information content (AvgIpc) is 3.06. The van der Waals surface area contributed by atoms with Gasteiger partial charge in [-0.25, -0.2) is 9.37 Å². The van der Waals surface area contributed by atoms with E-state index in [1.165, 1.54) is 30.5 Å². The van der Waals surface area contributed by atoms with Gasteiger partial charge in [-0.3, -0.25) is 15.2 Å². The predicted molar refractivity (Wildman–Crippen MR) is 97.6 cm³/mol. The largest absolute Gasteiger partial charge is 0.269 e. The van der Waals surface area contributed by atoms with E-state index in [9.17, 15) is 9.18 Å². The predicted octanol–water partition coefficient (Wildman–Crippen LogP) is 3.59. The summed E-state index contributed by atoms with van der Waals surface area (Å²) in [5.74, 6) is 0.0321. The van der Waals surface area contributed by atoms with E-state index in [0.717, 1.165) is 19.3 Å². The molecule has 1 saturated carbocycles. The Labute approximate surface area is 159 Å². The molecule has 8 heteroatoms. The number of hydrogen-bond acceptors (Lipinski definition) is 5. The monoisotopic (exact) mass is 417 g/mol. The van der Waals surface area contributed by atoms with E-state index in [1.54, 1.807) is 5.01 Å². The highest BCUT2D eigenvalue weighted by atomic mass is 79.9. The van der Waals surface area contributed by atoms with Crippen molar-refractivity contribution < 1.29 is 9.18 Å². The number of benzene rings is 1. The fourth-order valence-corrected chi connectivity index (χ4v) is 3.54. The maximum atomic E-state index is 13.1. The number of amides is 1. The molecule has 2 aromatic rings. The molecule has 1 heterocycles. The minimum absolute atomic E-state index is 0.0230. The van der Waals surface area contributed by atoms with Gasteiger partial charge in [0.25, 0.3) is 5.91 Å². The molecule has 134 valence electrons. The number of hydrazine groups is 1. The van der Waals surface area contributed by atoms with Crippen LogP contribution in [0, 0.1) is 23.1 Å². The van der Waals surface area contributed by atoms with Crippen LogP contribution in [-0.4, -0.2) is 21.9 Å². The van der Waals surface area contributed by atoms with Gasteiger partial charge in [0.2, 0.25) is 5.82 Å². The normalized spacial score (nSPS) is 19.0. The Balaban J connectivity index is 1.95. The van der Waals surface area contributed by atoms with Crippen molar-refractivity contribution in [3.8, 4) is 6.07 Å². The summed E-state index contributed by atoms with van der Waals surface area (Å²) in [5.41, 5.74) is 3.22. The molecule has 1 N–H and O–H groups in total. The number of halogens is 2. The van der Waals surface area contributed by atoms with Crippen molar-refractivity contribution in [3.05, 3.63) is 52.1 Å². The van der Waals surface area contributed by atoms with Crippen LogP contribution in [0.2, 0.25) is 0 Å². The minimum atomic E-state index is -0.403. The van der Waals surface area contributed by atoms with E-state index in [1.807, 2.05) is 6.07 Å². The van der Waals surface area contributed by atoms with E-state index in [0.29, 0.717) is 21.8 Å². The van der Waals surface area contributed by atoms with Crippen LogP contribution in [0.5, 0.6) is 0 Å². The second-order valence-electron chi connectivity index (χ2n) is 6.27. The standard InChI is InChI=1S/C18H17BrFN5O/c1-11-3-2-4-15(11)25(17-14(19)10-22-16(9-21)23-17)24-18(26)12-5-7-13(20)8-6-12/h5-8,10-11,15H,2-4H2,1H3,(H,24,26)/t11?,15-/m1/s1. The Morgan fingerprint density at radius 2 is 2.12 bits per heavy atom. The molecule has 0 spiro atoms. The van der Waals surface area contributed by atoms with Crippen LogP contribution < -0.4 is 10.4 Å². The van der Waals surface area contributed by atoms with Gasteiger partial charge in [-0.2, -0.15) is 10.2 Å². The first-order chi connectivity index (χ1) is 12.5. The summed E-state index contributed by atoms with van der Waals surface area (Å²) < 4.78 is 13.7. The van der Waals surface area contributed by atoms with Crippen molar-refractivity contribution in [2.75, 3.05) is 5.01 Å². The summed E-state index contributed by atoms with van der Waals surface area (Å²) in [4.78, 5) is 20.9. The third-order valence-electron chi connectivity index (χ3n) is 4.53. The van der Waals surface area contributed by atoms with Gasteiger partial charge >= 0.3 is 0 Å². The first-order valence-electron chi connectivity index (χ1n) is 8.28. The summed E-state index contributed by atoms with van der Waals surface area (Å²) in [6.07, 6.45) is 4.48. The Bertz CT molecular complexity index is 852. The summed E-state index contributed by atoms with van der Waals surface area (Å²) in [6.45, 7) is 2.12. The van der Waals surface area contributed by atoms with Gasteiger partial charge < -0.3 is 0 Å². The number of nitriles is 1. The van der Waals surface area contributed by atoms with Crippen LogP contribution in [0.25, 0.3) is 0 Å². The molecule has 1 unspecified atom stereocenters. The third kappa shape index (κ3) is 3.83. The Kier molecular flexibility index (Phi) is 5.47. The highest BCUT2D eigenvalue weighted by Crippen LogP contribution is 2.33. The lowest BCUT2D eigenvalue weighted by Gasteiger charge is -2.33. The highest BCUT2D eigenvalue weighted by Gasteiger charge is 2.32. The van der Waals surface area contributed by atoms with E-state index in [4.69, 9.17) is 5.26 Å². The van der Waals surface area contributed by atoms with Crippen molar-refractivity contribution in [3.63, 3.8) is 0 Å². The zero-order valence-electron chi connectivity index (χ0n) is 14.1. The van der Waals surface area contributed by atoms with Crippen LogP contribution in [-0.2, 0) is 0 Å². The fourth-order valence-electron chi connectivity index (χ4n) is 3.16. The molecule has 0 radical (unpaired) electrons. The Hall–Kier alpha value is -2.53. The van der Waals surface area contributed by atoms with Crippen molar-refractivity contribution in [1.29, 1.82) is 5.26 Å². The molecule has 0 saturated heterocycles. The van der Waals surface area contributed by atoms with E-state index < -0.39 is 5.82 Å². The first-order valence-corrected chi connectivity index (χ1v) is 9.07. The van der Waals surface area contributed by atoms with Crippen molar-refractivity contribution in [1.82, 2.24) is 15.4 Å². The number of anilines is 1. The molecular weight excluding hydrogens is 401 g/mol. The van der Waals surface area contributed by atoms with Crippen LogP contribution in [0.4, 0.5) is 10.2 Å². The molecule has 26 heavy (non-hydrogen) atoms. The highest BCUT2D eigenvalue weighted by molar-refractivity contribution is 9.10. The van der Waals surface area contributed by atoms with Gasteiger partial charge in [0.15, 0.2) is 5.82 Å². The Morgan fingerprint density at radius 3 is 2.73 bits per heavy atom. The maximum absolute atomic E-state index is 13.1. The molecule has 1 aromatic carbocycles. The molecule has 0 bridgehead atoms. The first kappa shape index (κ1) is 18.3. The second kappa shape index (κ2) is 7.79. The number of nitrogens with zero attached hydrogens (tertiary/aromatic N) is 4. The van der Waals surface area contributed by atoms with Crippen LogP contribution in [0.3, 0.4) is 0 Å². The van der Waals surface area contributed by atoms with Gasteiger partial charge in [0, 0.05) is 11.8 Å². The quantitative estimate of drug-likeness (QED) is 0.768. The molecule has 1 aliphatic rings. The summed E-state index contributed by atoms with van der Waals surface area (Å²) >= 11 is 3.41. The maximum Gasteiger partial charge on any atom is 0.269 e. The Morgan fingerprint density at radius 1 is 1.38 bits per heavy atom. The van der Waals surface area contributed by atoms with Crippen molar-refractivity contribution in [2.45, 2.75) is 32.2 Å². The molecule has 1 aliphatic carbocycles. The zero-order valence-corrected chi connectivity index (χ0v) is 15.7. The number of rotatable bonds is 4. The summed E-state index contributed by atoms with van der Waals surface area (Å²) in [6, 6.07) is 7.30. The zero-order chi connectivity index (χ0) is 18.7. The lowest BCUT2D eigenvalue weighted by atomic mass is 10.1. The number of aromatic nitrogens is 2. The lowest BCUT2D eigenvalue weighted by molar-refractivity contribution is 0.0941. The number of hydrogen-bond donors (Lipinski definition) is 1. The van der Waals surface area contributed by atoms with Gasteiger partial charge in [-0.15, -0.1) is 0 Å². The topological polar surface area (TPSA) is 81.9 Å². The molecule has 1 aromatic heterocycles. The average molecular weight is 418 g/mol. The van der Waals surface area contributed by atoms with Crippen LogP contribution in [0.15, 0.2) is 34.9 Å². The molecule has 6 nitrogen and oxygen atoms in total. The van der Waals surface area contributed by atoms with Gasteiger partial charge in [-0.05, 0) is 59.0 Å². The fraction of sp³-hybridized carbons (Fsp3) is 0.333. The van der Waals surface area contributed by atoms with E-state index in [2.05, 4.69) is 38.2 Å². The number of carbonyl (C=O) groups excluding carboxylic acids is 1. The third-order valence-corrected chi connectivity index (χ3v) is 5.09. The van der Waals surface area contributed by atoms with Crippen molar-refractivity contribution >= 4 is 27.7 Å². The molecule has 1 amide bonds. The number of nitrogens with one attached hydrogen (secondary N) is 1. The molecule has 2 atom stereocenters. The lowest BCUT2D eigenvalue weighted by Crippen LogP contribution is -2.50. The molecule has 1 fully saturated rings. The van der Waals surface area contributed by atoms with E-state index in [-0.39, 0.29) is 17.8 Å². The second-order valence-corrected chi connectivity index (χ2v) is 7.12. The number of carbonyl (C=O) groups is 1. The SMILES string of the molecule is CC1CCC[C@H]1N(NC(=O)c1ccc(F)cc1)c1nc(C#N)ncc1Br. The van der Waals surface area contributed by atoms with Crippen LogP contribution in [0.1, 0.15) is 42.4 Å². The smallest absolute Gasteiger partial charge is 0.267 e. The van der Waals surface area contributed by atoms with Gasteiger partial charge in [0.05, 0.1) is 10.5 Å². The van der Waals surface area contributed by atoms with Crippen LogP contribution >= 0.6 is 15.9 Å².